The van der Waals surface area contributed by atoms with Crippen LogP contribution in [0.3, 0.4) is 0 Å². The average molecular weight is 326 g/mol. The molecule has 126 valence electrons. The van der Waals surface area contributed by atoms with Gasteiger partial charge in [-0.2, -0.15) is 0 Å². The Morgan fingerprint density at radius 3 is 2.87 bits per heavy atom. The number of aromatic nitrogens is 2. The Bertz CT molecular complexity index is 590. The molecule has 1 unspecified atom stereocenters. The molecule has 0 aliphatic carbocycles. The van der Waals surface area contributed by atoms with Crippen molar-refractivity contribution in [3.8, 4) is 0 Å². The molecule has 2 aliphatic rings. The van der Waals surface area contributed by atoms with Crippen LogP contribution >= 0.6 is 0 Å². The number of hydrogen-bond acceptors (Lipinski definition) is 3. The number of amides is 2. The van der Waals surface area contributed by atoms with Crippen molar-refractivity contribution in [1.82, 2.24) is 19.4 Å². The molecule has 0 spiro atoms. The van der Waals surface area contributed by atoms with Gasteiger partial charge in [-0.15, -0.1) is 0 Å². The predicted molar refractivity (Wildman–Crippen MR) is 78.1 cm³/mol. The molecule has 6 nitrogen and oxygen atoms in total. The Hall–Kier alpha value is -1.99. The van der Waals surface area contributed by atoms with Crippen LogP contribution in [0.15, 0.2) is 18.7 Å². The summed E-state index contributed by atoms with van der Waals surface area (Å²) in [6.07, 6.45) is 4.95. The van der Waals surface area contributed by atoms with Gasteiger partial charge in [0.2, 0.25) is 5.91 Å². The van der Waals surface area contributed by atoms with Crippen LogP contribution in [-0.4, -0.2) is 62.9 Å². The van der Waals surface area contributed by atoms with Crippen LogP contribution in [0.25, 0.3) is 0 Å². The lowest BCUT2D eigenvalue weighted by Crippen LogP contribution is -2.59. The first-order valence-corrected chi connectivity index (χ1v) is 7.80. The summed E-state index contributed by atoms with van der Waals surface area (Å²) in [4.78, 5) is 30.9. The van der Waals surface area contributed by atoms with E-state index in [0.717, 1.165) is 11.3 Å². The first-order chi connectivity index (χ1) is 10.9. The zero-order chi connectivity index (χ0) is 16.6. The number of hydrogen-bond donors (Lipinski definition) is 0. The molecule has 23 heavy (non-hydrogen) atoms. The Kier molecular flexibility index (Phi) is 4.08. The fraction of sp³-hybridized carbons (Fsp3) is 0.667. The number of alkyl halides is 2. The number of carbonyl (C=O) groups is 2. The van der Waals surface area contributed by atoms with E-state index in [1.165, 1.54) is 28.2 Å². The Balaban J connectivity index is 1.76. The third-order valence-electron chi connectivity index (χ3n) is 4.53. The molecule has 2 saturated heterocycles. The summed E-state index contributed by atoms with van der Waals surface area (Å²) in [5.74, 6) is -2.81. The van der Waals surface area contributed by atoms with Gasteiger partial charge in [0.15, 0.2) is 0 Å². The van der Waals surface area contributed by atoms with Crippen LogP contribution in [-0.2, 0) is 4.79 Å². The monoisotopic (exact) mass is 326 g/mol. The number of rotatable bonds is 1. The second-order valence-electron chi connectivity index (χ2n) is 6.53. The lowest BCUT2D eigenvalue weighted by Gasteiger charge is -2.44. The maximum Gasteiger partial charge on any atom is 0.329 e. The molecule has 3 rings (SSSR count). The minimum atomic E-state index is -3.00. The molecule has 2 atom stereocenters. The van der Waals surface area contributed by atoms with E-state index in [1.807, 2.05) is 6.92 Å². The van der Waals surface area contributed by atoms with E-state index in [-0.39, 0.29) is 24.8 Å². The SMILES string of the molecule is CC1CCN([C@H]2CN(C(=O)n3ccnc3)CC(F)(F)C2)C(=O)C1. The van der Waals surface area contributed by atoms with Crippen LogP contribution in [0.5, 0.6) is 0 Å². The van der Waals surface area contributed by atoms with Crippen molar-refractivity contribution in [3.05, 3.63) is 18.7 Å². The Labute approximate surface area is 133 Å². The van der Waals surface area contributed by atoms with Gasteiger partial charge in [0.25, 0.3) is 5.92 Å². The van der Waals surface area contributed by atoms with E-state index in [9.17, 15) is 18.4 Å². The highest BCUT2D eigenvalue weighted by Crippen LogP contribution is 2.32. The van der Waals surface area contributed by atoms with Gasteiger partial charge in [-0.3, -0.25) is 9.36 Å². The molecule has 0 saturated carbocycles. The summed E-state index contributed by atoms with van der Waals surface area (Å²) < 4.78 is 29.4. The van der Waals surface area contributed by atoms with Gasteiger partial charge in [0.1, 0.15) is 6.33 Å². The van der Waals surface area contributed by atoms with Crippen LogP contribution in [0.2, 0.25) is 0 Å². The van der Waals surface area contributed by atoms with Crippen molar-refractivity contribution < 1.29 is 18.4 Å². The van der Waals surface area contributed by atoms with Gasteiger partial charge < -0.3 is 9.80 Å². The predicted octanol–water partition coefficient (Wildman–Crippen LogP) is 1.82. The van der Waals surface area contributed by atoms with E-state index in [0.29, 0.717) is 13.0 Å². The molecule has 8 heteroatoms. The third kappa shape index (κ3) is 3.35. The van der Waals surface area contributed by atoms with Crippen molar-refractivity contribution in [3.63, 3.8) is 0 Å². The highest BCUT2D eigenvalue weighted by atomic mass is 19.3. The number of imidazole rings is 1. The fourth-order valence-electron chi connectivity index (χ4n) is 3.35. The summed E-state index contributed by atoms with van der Waals surface area (Å²) in [6, 6.07) is -1.17. The first-order valence-electron chi connectivity index (χ1n) is 7.80. The van der Waals surface area contributed by atoms with Crippen LogP contribution in [0.4, 0.5) is 13.6 Å². The minimum Gasteiger partial charge on any atom is -0.338 e. The first kappa shape index (κ1) is 15.9. The number of likely N-dealkylation sites (tertiary alicyclic amines) is 2. The maximum atomic E-state index is 14.1. The van der Waals surface area contributed by atoms with Crippen molar-refractivity contribution in [2.24, 2.45) is 5.92 Å². The topological polar surface area (TPSA) is 58.4 Å². The summed E-state index contributed by atoms with van der Waals surface area (Å²) in [6.45, 7) is 1.97. The number of carbonyl (C=O) groups excluding carboxylic acids is 2. The molecule has 0 radical (unpaired) electrons. The average Bonchev–Trinajstić information content (AvgIpc) is 2.98. The zero-order valence-corrected chi connectivity index (χ0v) is 13.0. The lowest BCUT2D eigenvalue weighted by molar-refractivity contribution is -0.144. The molecule has 2 fully saturated rings. The van der Waals surface area contributed by atoms with Gasteiger partial charge in [0, 0.05) is 38.3 Å². The molecule has 3 heterocycles. The van der Waals surface area contributed by atoms with Crippen molar-refractivity contribution in [2.45, 2.75) is 38.2 Å². The van der Waals surface area contributed by atoms with Crippen molar-refractivity contribution in [2.75, 3.05) is 19.6 Å². The standard InChI is InChI=1S/C15H20F2N4O2/c1-11-2-4-21(13(22)6-11)12-7-15(16,17)9-20(8-12)14(23)19-5-3-18-10-19/h3,5,10-12H,2,4,6-9H2,1H3/t11?,12-/m1/s1. The number of halogens is 2. The minimum absolute atomic E-state index is 0.0959. The van der Waals surface area contributed by atoms with E-state index < -0.39 is 24.5 Å². The summed E-state index contributed by atoms with van der Waals surface area (Å²) >= 11 is 0. The van der Waals surface area contributed by atoms with Crippen LogP contribution in [0, 0.1) is 5.92 Å². The van der Waals surface area contributed by atoms with E-state index in [4.69, 9.17) is 0 Å². The number of nitrogens with zero attached hydrogens (tertiary/aromatic N) is 4. The Morgan fingerprint density at radius 1 is 1.43 bits per heavy atom. The summed E-state index contributed by atoms with van der Waals surface area (Å²) in [5, 5.41) is 0. The Morgan fingerprint density at radius 2 is 2.22 bits per heavy atom. The molecular formula is C15H20F2N4O2. The zero-order valence-electron chi connectivity index (χ0n) is 13.0. The molecule has 2 amide bonds. The van der Waals surface area contributed by atoms with Crippen LogP contribution in [0.1, 0.15) is 26.2 Å². The lowest BCUT2D eigenvalue weighted by atomic mass is 9.94. The van der Waals surface area contributed by atoms with Crippen molar-refractivity contribution in [1.29, 1.82) is 0 Å². The summed E-state index contributed by atoms with van der Waals surface area (Å²) in [7, 11) is 0. The van der Waals surface area contributed by atoms with Crippen molar-refractivity contribution >= 4 is 11.9 Å². The molecule has 0 aromatic carbocycles. The highest BCUT2D eigenvalue weighted by Gasteiger charge is 2.45. The molecular weight excluding hydrogens is 306 g/mol. The third-order valence-corrected chi connectivity index (χ3v) is 4.53. The van der Waals surface area contributed by atoms with E-state index in [2.05, 4.69) is 4.98 Å². The quantitative estimate of drug-likeness (QED) is 0.791. The van der Waals surface area contributed by atoms with Gasteiger partial charge in [-0.05, 0) is 12.3 Å². The molecule has 1 aromatic rings. The normalized spacial score (nSPS) is 28.0. The number of piperidine rings is 2. The largest absolute Gasteiger partial charge is 0.338 e. The molecule has 0 bridgehead atoms. The second kappa shape index (κ2) is 5.90. The molecule has 1 aromatic heterocycles. The molecule has 2 aliphatic heterocycles. The summed E-state index contributed by atoms with van der Waals surface area (Å²) in [5.41, 5.74) is 0. The smallest absolute Gasteiger partial charge is 0.329 e. The second-order valence-corrected chi connectivity index (χ2v) is 6.53. The fourth-order valence-corrected chi connectivity index (χ4v) is 3.35. The van der Waals surface area contributed by atoms with E-state index in [1.54, 1.807) is 0 Å². The molecule has 0 N–H and O–H groups in total. The van der Waals surface area contributed by atoms with Gasteiger partial charge in [-0.25, -0.2) is 18.6 Å². The maximum absolute atomic E-state index is 14.1. The van der Waals surface area contributed by atoms with Gasteiger partial charge in [0.05, 0.1) is 12.6 Å². The highest BCUT2D eigenvalue weighted by molar-refractivity contribution is 5.79. The van der Waals surface area contributed by atoms with Crippen LogP contribution < -0.4 is 0 Å². The van der Waals surface area contributed by atoms with Gasteiger partial charge in [-0.1, -0.05) is 6.92 Å². The van der Waals surface area contributed by atoms with E-state index >= 15 is 0 Å². The van der Waals surface area contributed by atoms with Gasteiger partial charge >= 0.3 is 6.03 Å².